The largest absolute Gasteiger partial charge is 0.427 e. The Balaban J connectivity index is 2.62. The lowest BCUT2D eigenvalue weighted by Crippen LogP contribution is -2.49. The Bertz CT molecular complexity index is 642. The summed E-state index contributed by atoms with van der Waals surface area (Å²) in [5.41, 5.74) is -0.358. The van der Waals surface area contributed by atoms with Gasteiger partial charge in [-0.1, -0.05) is 36.8 Å². The summed E-state index contributed by atoms with van der Waals surface area (Å²) in [6.45, 7) is 14.1. The molecule has 6 heteroatoms. The number of nitrogens with one attached hydrogen (secondary N) is 1. The summed E-state index contributed by atoms with van der Waals surface area (Å²) in [4.78, 5) is 11.8. The lowest BCUT2D eigenvalue weighted by Gasteiger charge is -2.37. The molecule has 0 saturated heterocycles. The molecule has 0 heterocycles. The van der Waals surface area contributed by atoms with Gasteiger partial charge in [0.2, 0.25) is 0 Å². The van der Waals surface area contributed by atoms with Gasteiger partial charge in [-0.3, -0.25) is 5.32 Å². The molecule has 1 amide bonds. The van der Waals surface area contributed by atoms with Gasteiger partial charge in [0.15, 0.2) is 0 Å². The van der Waals surface area contributed by atoms with Gasteiger partial charge in [-0.25, -0.2) is 4.79 Å². The third-order valence-electron chi connectivity index (χ3n) is 3.81. The molecule has 0 aliphatic rings. The molecule has 0 aromatic heterocycles. The van der Waals surface area contributed by atoms with Crippen molar-refractivity contribution in [3.05, 3.63) is 61.4 Å². The first-order valence-electron chi connectivity index (χ1n) is 7.86. The van der Waals surface area contributed by atoms with Gasteiger partial charge < -0.3 is 14.5 Å². The highest BCUT2D eigenvalue weighted by Gasteiger charge is 2.35. The zero-order chi connectivity index (χ0) is 19.1. The summed E-state index contributed by atoms with van der Waals surface area (Å²) in [7, 11) is 1.57. The van der Waals surface area contributed by atoms with Crippen molar-refractivity contribution in [2.75, 3.05) is 5.32 Å². The number of amides is 1. The molecule has 1 aromatic rings. The minimum atomic E-state index is -0.990. The molecule has 0 unspecified atom stereocenters. The van der Waals surface area contributed by atoms with Crippen molar-refractivity contribution in [2.24, 2.45) is 0 Å². The minimum absolute atomic E-state index is 0.305. The molecule has 1 rings (SSSR count). The Labute approximate surface area is 150 Å². The summed E-state index contributed by atoms with van der Waals surface area (Å²) in [5.74, 6) is 0.305. The number of allylic oxidation sites excluding steroid dienone is 3. The lowest BCUT2D eigenvalue weighted by molar-refractivity contribution is -0.0893. The van der Waals surface area contributed by atoms with Crippen LogP contribution in [0.2, 0.25) is 0 Å². The van der Waals surface area contributed by atoms with E-state index < -0.39 is 17.3 Å². The van der Waals surface area contributed by atoms with Crippen LogP contribution >= 0.6 is 0 Å². The smallest absolute Gasteiger partial charge is 0.417 e. The van der Waals surface area contributed by atoms with E-state index in [0.717, 1.165) is 5.46 Å². The summed E-state index contributed by atoms with van der Waals surface area (Å²) in [6, 6.07) is 7.00. The summed E-state index contributed by atoms with van der Waals surface area (Å²) in [5, 5.41) is 12.7. The Morgan fingerprint density at radius 1 is 1.20 bits per heavy atom. The van der Waals surface area contributed by atoms with Crippen LogP contribution in [0.15, 0.2) is 61.4 Å². The van der Waals surface area contributed by atoms with Crippen LogP contribution < -0.4 is 10.8 Å². The minimum Gasteiger partial charge on any atom is -0.427 e. The molecule has 0 fully saturated rings. The van der Waals surface area contributed by atoms with Gasteiger partial charge in [0.25, 0.3) is 0 Å². The Hall–Kier alpha value is -2.31. The van der Waals surface area contributed by atoms with Gasteiger partial charge in [0.05, 0.1) is 11.2 Å². The summed E-state index contributed by atoms with van der Waals surface area (Å²) < 4.78 is 10.7. The number of anilines is 1. The lowest BCUT2D eigenvalue weighted by atomic mass is 9.82. The van der Waals surface area contributed by atoms with Crippen LogP contribution in [-0.2, 0) is 9.39 Å². The van der Waals surface area contributed by atoms with Crippen LogP contribution in [0.5, 0.6) is 0 Å². The topological polar surface area (TPSA) is 67.8 Å². The number of rotatable bonds is 8. The third-order valence-corrected chi connectivity index (χ3v) is 3.81. The van der Waals surface area contributed by atoms with E-state index >= 15 is 0 Å². The van der Waals surface area contributed by atoms with Crippen molar-refractivity contribution in [1.29, 1.82) is 0 Å². The normalized spacial score (nSPS) is 12.3. The zero-order valence-electron chi connectivity index (χ0n) is 15.2. The second-order valence-corrected chi connectivity index (χ2v) is 6.45. The van der Waals surface area contributed by atoms with Crippen molar-refractivity contribution in [3.8, 4) is 0 Å². The van der Waals surface area contributed by atoms with E-state index in [1.807, 2.05) is 13.8 Å². The van der Waals surface area contributed by atoms with Crippen molar-refractivity contribution in [1.82, 2.24) is 0 Å². The number of benzene rings is 1. The van der Waals surface area contributed by atoms with Gasteiger partial charge >= 0.3 is 13.6 Å². The second-order valence-electron chi connectivity index (χ2n) is 6.45. The van der Waals surface area contributed by atoms with E-state index in [1.54, 1.807) is 45.6 Å². The molecule has 133 valence electrons. The average molecular weight is 342 g/mol. The van der Waals surface area contributed by atoms with Crippen LogP contribution in [0.25, 0.3) is 0 Å². The molecule has 1 aromatic carbocycles. The van der Waals surface area contributed by atoms with Crippen molar-refractivity contribution >= 4 is 24.7 Å². The molecule has 0 saturated carbocycles. The van der Waals surface area contributed by atoms with E-state index in [2.05, 4.69) is 18.5 Å². The number of carbonyl (C=O) groups excluding carboxylic acids is 1. The zero-order valence-corrected chi connectivity index (χ0v) is 15.2. The predicted octanol–water partition coefficient (Wildman–Crippen LogP) is 3.30. The number of aliphatic hydroxyl groups is 1. The fourth-order valence-electron chi connectivity index (χ4n) is 1.51. The molecule has 0 spiro atoms. The molecular formula is C19H25BNO4. The molecule has 2 N–H and O–H groups in total. The average Bonchev–Trinajstić information content (AvgIpc) is 2.52. The third kappa shape index (κ3) is 6.60. The van der Waals surface area contributed by atoms with Gasteiger partial charge in [-0.05, 0) is 52.0 Å². The van der Waals surface area contributed by atoms with E-state index in [9.17, 15) is 9.90 Å². The number of hydrogen-bond donors (Lipinski definition) is 2. The van der Waals surface area contributed by atoms with Crippen LogP contribution in [0, 0.1) is 0 Å². The molecular weight excluding hydrogens is 317 g/mol. The Kier molecular flexibility index (Phi) is 7.21. The fraction of sp³-hybridized carbons (Fsp3) is 0.316. The first-order chi connectivity index (χ1) is 11.6. The van der Waals surface area contributed by atoms with Gasteiger partial charge in [0, 0.05) is 5.69 Å². The Morgan fingerprint density at radius 2 is 1.80 bits per heavy atom. The monoisotopic (exact) mass is 342 g/mol. The van der Waals surface area contributed by atoms with Crippen molar-refractivity contribution in [2.45, 2.75) is 38.9 Å². The number of ether oxygens (including phenoxy) is 1. The predicted molar refractivity (Wildman–Crippen MR) is 102 cm³/mol. The molecule has 25 heavy (non-hydrogen) atoms. The molecule has 0 atom stereocenters. The maximum atomic E-state index is 11.8. The second kappa shape index (κ2) is 8.69. The molecule has 0 aliphatic heterocycles. The van der Waals surface area contributed by atoms with Gasteiger partial charge in [-0.15, -0.1) is 0 Å². The molecule has 1 radical (unpaired) electrons. The van der Waals surface area contributed by atoms with E-state index in [0.29, 0.717) is 11.4 Å². The van der Waals surface area contributed by atoms with Crippen LogP contribution in [0.3, 0.4) is 0 Å². The maximum Gasteiger partial charge on any atom is 0.417 e. The Morgan fingerprint density at radius 3 is 2.28 bits per heavy atom. The van der Waals surface area contributed by atoms with Gasteiger partial charge in [-0.2, -0.15) is 0 Å². The van der Waals surface area contributed by atoms with Crippen LogP contribution in [0.4, 0.5) is 10.5 Å². The highest BCUT2D eigenvalue weighted by molar-refractivity contribution is 6.47. The van der Waals surface area contributed by atoms with E-state index in [1.165, 1.54) is 18.2 Å². The first-order valence-corrected chi connectivity index (χ1v) is 7.86. The first kappa shape index (κ1) is 20.7. The molecule has 0 bridgehead atoms. The fourth-order valence-corrected chi connectivity index (χ4v) is 1.51. The van der Waals surface area contributed by atoms with Crippen molar-refractivity contribution < 1.29 is 19.3 Å². The number of hydrogen-bond acceptors (Lipinski definition) is 4. The maximum absolute atomic E-state index is 11.8. The van der Waals surface area contributed by atoms with E-state index in [-0.39, 0.29) is 0 Å². The van der Waals surface area contributed by atoms with Crippen LogP contribution in [-0.4, -0.2) is 29.9 Å². The highest BCUT2D eigenvalue weighted by atomic mass is 16.6. The molecule has 5 nitrogen and oxygen atoms in total. The van der Waals surface area contributed by atoms with Crippen molar-refractivity contribution in [3.63, 3.8) is 0 Å². The van der Waals surface area contributed by atoms with Gasteiger partial charge in [0.1, 0.15) is 5.76 Å². The highest BCUT2D eigenvalue weighted by Crippen LogP contribution is 2.24. The summed E-state index contributed by atoms with van der Waals surface area (Å²) >= 11 is 0. The van der Waals surface area contributed by atoms with Crippen LogP contribution in [0.1, 0.15) is 27.7 Å². The standard InChI is InChI=1S/C19H25BNO4/c1-7-9-16(8-2)24-17(22)21-15-12-10-14(11-13-15)20-25-19(5,6)18(3,4)23/h7-13,23H,1-2H2,3-6H3,(H,21,22)/b16-9+. The SMILES string of the molecule is C=C/C=C(\C=C)OC(=O)Nc1ccc([B]OC(C)(C)C(C)(C)O)cc1. The van der Waals surface area contributed by atoms with E-state index in [4.69, 9.17) is 9.39 Å². The molecule has 0 aliphatic carbocycles. The summed E-state index contributed by atoms with van der Waals surface area (Å²) in [6.07, 6.45) is 3.83. The number of carbonyl (C=O) groups is 1. The quantitative estimate of drug-likeness (QED) is 0.432.